The summed E-state index contributed by atoms with van der Waals surface area (Å²) in [6.07, 6.45) is 3.90. The third-order valence-electron chi connectivity index (χ3n) is 5.51. The summed E-state index contributed by atoms with van der Waals surface area (Å²) in [5.41, 5.74) is 1.13. The molecule has 2 aliphatic rings. The van der Waals surface area contributed by atoms with Crippen molar-refractivity contribution < 1.29 is 19.1 Å². The molecule has 23 heavy (non-hydrogen) atoms. The molecule has 0 spiro atoms. The highest BCUT2D eigenvalue weighted by atomic mass is 31.2. The molecule has 1 saturated heterocycles. The van der Waals surface area contributed by atoms with E-state index in [4.69, 9.17) is 0 Å². The SMILES string of the molecule is O=C[C@H]1CN(CC2(P(=O)(O)O)CCCC2)C[C@@H]1c1ccccc1. The molecule has 0 unspecified atom stereocenters. The summed E-state index contributed by atoms with van der Waals surface area (Å²) < 4.78 is 12.0. The number of carbonyl (C=O) groups excluding carboxylic acids is 1. The van der Waals surface area contributed by atoms with Gasteiger partial charge in [0.1, 0.15) is 6.29 Å². The van der Waals surface area contributed by atoms with Crippen LogP contribution in [0.2, 0.25) is 0 Å². The van der Waals surface area contributed by atoms with Crippen LogP contribution in [0.25, 0.3) is 0 Å². The van der Waals surface area contributed by atoms with E-state index in [1.165, 1.54) is 0 Å². The number of aldehydes is 1. The topological polar surface area (TPSA) is 77.8 Å². The van der Waals surface area contributed by atoms with E-state index < -0.39 is 12.8 Å². The van der Waals surface area contributed by atoms with Crippen LogP contribution >= 0.6 is 7.60 Å². The lowest BCUT2D eigenvalue weighted by Crippen LogP contribution is -2.40. The molecule has 1 aromatic rings. The third kappa shape index (κ3) is 3.29. The molecule has 1 aliphatic carbocycles. The number of benzene rings is 1. The first-order valence-corrected chi connectivity index (χ1v) is 9.85. The average Bonchev–Trinajstić information content (AvgIpc) is 3.15. The summed E-state index contributed by atoms with van der Waals surface area (Å²) in [5.74, 6) is 0.0107. The minimum Gasteiger partial charge on any atom is -0.324 e. The Morgan fingerprint density at radius 2 is 1.83 bits per heavy atom. The molecular formula is C17H24NO4P. The van der Waals surface area contributed by atoms with E-state index in [1.54, 1.807) is 0 Å². The van der Waals surface area contributed by atoms with Crippen LogP contribution in [-0.2, 0) is 9.36 Å². The van der Waals surface area contributed by atoms with Crippen LogP contribution in [0, 0.1) is 5.92 Å². The maximum atomic E-state index is 12.0. The monoisotopic (exact) mass is 337 g/mol. The fraction of sp³-hybridized carbons (Fsp3) is 0.588. The van der Waals surface area contributed by atoms with Gasteiger partial charge in [-0.05, 0) is 18.4 Å². The molecule has 2 N–H and O–H groups in total. The van der Waals surface area contributed by atoms with Crippen molar-refractivity contribution >= 4 is 13.9 Å². The average molecular weight is 337 g/mol. The smallest absolute Gasteiger partial charge is 0.324 e. The molecule has 2 fully saturated rings. The van der Waals surface area contributed by atoms with E-state index in [1.807, 2.05) is 30.3 Å². The van der Waals surface area contributed by atoms with E-state index in [0.717, 1.165) is 24.7 Å². The summed E-state index contributed by atoms with van der Waals surface area (Å²) in [7, 11) is -4.15. The van der Waals surface area contributed by atoms with Crippen molar-refractivity contribution in [3.8, 4) is 0 Å². The molecule has 0 bridgehead atoms. The van der Waals surface area contributed by atoms with Gasteiger partial charge >= 0.3 is 7.60 Å². The maximum absolute atomic E-state index is 12.0. The second-order valence-corrected chi connectivity index (χ2v) is 9.02. The standard InChI is InChI=1S/C17H24NO4P/c19-12-15-10-18(11-16(15)14-6-2-1-3-7-14)13-17(23(20,21)22)8-4-5-9-17/h1-3,6-7,12,15-16H,4-5,8-11,13H2,(H2,20,21,22)/t15-,16-/m1/s1. The fourth-order valence-corrected chi connectivity index (χ4v) is 5.51. The maximum Gasteiger partial charge on any atom is 0.332 e. The van der Waals surface area contributed by atoms with E-state index in [2.05, 4.69) is 4.90 Å². The highest BCUT2D eigenvalue weighted by Gasteiger charge is 2.50. The van der Waals surface area contributed by atoms with Gasteiger partial charge in [-0.15, -0.1) is 0 Å². The highest BCUT2D eigenvalue weighted by molar-refractivity contribution is 7.53. The quantitative estimate of drug-likeness (QED) is 0.637. The zero-order chi connectivity index (χ0) is 16.5. The molecule has 126 valence electrons. The van der Waals surface area contributed by atoms with Crippen LogP contribution in [0.15, 0.2) is 30.3 Å². The lowest BCUT2D eigenvalue weighted by molar-refractivity contribution is -0.111. The van der Waals surface area contributed by atoms with E-state index in [0.29, 0.717) is 32.5 Å². The fourth-order valence-electron chi connectivity index (χ4n) is 4.22. The first-order chi connectivity index (χ1) is 11.0. The van der Waals surface area contributed by atoms with Crippen LogP contribution in [0.4, 0.5) is 0 Å². The number of likely N-dealkylation sites (tertiary alicyclic amines) is 1. The second kappa shape index (κ2) is 6.48. The molecule has 0 aromatic heterocycles. The molecule has 6 heteroatoms. The Morgan fingerprint density at radius 1 is 1.17 bits per heavy atom. The first kappa shape index (κ1) is 16.8. The predicted molar refractivity (Wildman–Crippen MR) is 88.4 cm³/mol. The molecule has 1 heterocycles. The van der Waals surface area contributed by atoms with Crippen molar-refractivity contribution in [1.29, 1.82) is 0 Å². The summed E-state index contributed by atoms with van der Waals surface area (Å²) >= 11 is 0. The van der Waals surface area contributed by atoms with Gasteiger partial charge in [0.25, 0.3) is 0 Å². The lowest BCUT2D eigenvalue weighted by atomic mass is 9.90. The van der Waals surface area contributed by atoms with Crippen LogP contribution in [0.5, 0.6) is 0 Å². The molecule has 0 radical (unpaired) electrons. The number of rotatable bonds is 5. The van der Waals surface area contributed by atoms with Crippen molar-refractivity contribution in [2.75, 3.05) is 19.6 Å². The predicted octanol–water partition coefficient (Wildman–Crippen LogP) is 2.39. The zero-order valence-electron chi connectivity index (χ0n) is 13.2. The lowest BCUT2D eigenvalue weighted by Gasteiger charge is -2.34. The first-order valence-electron chi connectivity index (χ1n) is 8.23. The van der Waals surface area contributed by atoms with Crippen LogP contribution in [0.3, 0.4) is 0 Å². The summed E-state index contributed by atoms with van der Waals surface area (Å²) in [4.78, 5) is 33.3. The van der Waals surface area contributed by atoms with E-state index in [9.17, 15) is 19.1 Å². The molecule has 1 aromatic carbocycles. The van der Waals surface area contributed by atoms with Gasteiger partial charge in [0, 0.05) is 31.5 Å². The Bertz CT molecular complexity index is 594. The number of nitrogens with zero attached hydrogens (tertiary/aromatic N) is 1. The van der Waals surface area contributed by atoms with Crippen molar-refractivity contribution in [3.63, 3.8) is 0 Å². The van der Waals surface area contributed by atoms with Gasteiger partial charge in [0.2, 0.25) is 0 Å². The molecule has 1 aliphatic heterocycles. The Hall–Kier alpha value is -1.00. The van der Waals surface area contributed by atoms with Gasteiger partial charge in [-0.25, -0.2) is 0 Å². The van der Waals surface area contributed by atoms with Gasteiger partial charge < -0.3 is 19.5 Å². The molecule has 0 amide bonds. The number of carbonyl (C=O) groups is 1. The van der Waals surface area contributed by atoms with Crippen LogP contribution < -0.4 is 0 Å². The van der Waals surface area contributed by atoms with Gasteiger partial charge in [-0.3, -0.25) is 4.57 Å². The molecular weight excluding hydrogens is 313 g/mol. The van der Waals surface area contributed by atoms with Crippen LogP contribution in [0.1, 0.15) is 37.2 Å². The van der Waals surface area contributed by atoms with Gasteiger partial charge in [-0.1, -0.05) is 43.2 Å². The summed E-state index contributed by atoms with van der Waals surface area (Å²) in [6, 6.07) is 9.94. The Balaban J connectivity index is 1.77. The Kier molecular flexibility index (Phi) is 4.75. The highest BCUT2D eigenvalue weighted by Crippen LogP contribution is 2.59. The normalized spacial score (nSPS) is 28.1. The van der Waals surface area contributed by atoms with Crippen molar-refractivity contribution in [1.82, 2.24) is 4.90 Å². The largest absolute Gasteiger partial charge is 0.332 e. The summed E-state index contributed by atoms with van der Waals surface area (Å²) in [5, 5.41) is -0.911. The second-order valence-electron chi connectivity index (χ2n) is 6.99. The van der Waals surface area contributed by atoms with Gasteiger partial charge in [0.15, 0.2) is 0 Å². The van der Waals surface area contributed by atoms with Crippen molar-refractivity contribution in [2.45, 2.75) is 36.8 Å². The molecule has 3 rings (SSSR count). The third-order valence-corrected chi connectivity index (χ3v) is 7.34. The van der Waals surface area contributed by atoms with Crippen molar-refractivity contribution in [2.24, 2.45) is 5.92 Å². The van der Waals surface area contributed by atoms with Crippen LogP contribution in [-0.4, -0.2) is 45.8 Å². The summed E-state index contributed by atoms with van der Waals surface area (Å²) in [6.45, 7) is 1.67. The minimum absolute atomic E-state index is 0.104. The van der Waals surface area contributed by atoms with Crippen molar-refractivity contribution in [3.05, 3.63) is 35.9 Å². The minimum atomic E-state index is -4.15. The number of hydrogen-bond donors (Lipinski definition) is 2. The molecule has 5 nitrogen and oxygen atoms in total. The Morgan fingerprint density at radius 3 is 2.39 bits per heavy atom. The number of hydrogen-bond acceptors (Lipinski definition) is 3. The molecule has 2 atom stereocenters. The zero-order valence-corrected chi connectivity index (χ0v) is 14.1. The molecule has 1 saturated carbocycles. The van der Waals surface area contributed by atoms with Gasteiger partial charge in [0.05, 0.1) is 5.16 Å². The Labute approximate surface area is 136 Å². The van der Waals surface area contributed by atoms with Gasteiger partial charge in [-0.2, -0.15) is 0 Å². The van der Waals surface area contributed by atoms with E-state index >= 15 is 0 Å². The van der Waals surface area contributed by atoms with E-state index in [-0.39, 0.29) is 11.8 Å².